The molecule has 1 aromatic heterocycles. The number of methoxy groups -OCH3 is 2. The van der Waals surface area contributed by atoms with Crippen LogP contribution in [0.25, 0.3) is 10.9 Å². The number of nitrogens with one attached hydrogen (secondary N) is 1. The first kappa shape index (κ1) is 31.9. The highest BCUT2D eigenvalue weighted by atomic mass is 16.6. The smallest absolute Gasteiger partial charge is 0.408 e. The van der Waals surface area contributed by atoms with Gasteiger partial charge in [0.2, 0.25) is 5.91 Å². The zero-order chi connectivity index (χ0) is 32.7. The molecule has 248 valence electrons. The molecule has 1 aromatic carbocycles. The van der Waals surface area contributed by atoms with Crippen molar-refractivity contribution in [2.75, 3.05) is 20.8 Å². The van der Waals surface area contributed by atoms with Crippen molar-refractivity contribution in [3.8, 4) is 11.8 Å². The molecule has 1 saturated carbocycles. The Kier molecular flexibility index (Phi) is 8.73. The van der Waals surface area contributed by atoms with Gasteiger partial charge in [0, 0.05) is 24.9 Å². The summed E-state index contributed by atoms with van der Waals surface area (Å²) in [4.78, 5) is 60.5. The van der Waals surface area contributed by atoms with Gasteiger partial charge in [-0.15, -0.1) is 0 Å². The lowest BCUT2D eigenvalue weighted by Crippen LogP contribution is -2.57. The fourth-order valence-corrected chi connectivity index (χ4v) is 7.46. The van der Waals surface area contributed by atoms with Crippen LogP contribution < -0.4 is 20.3 Å². The standard InChI is InChI=1S/C34H44N4O8/c1-34(2,3)28-30(40)38-18-21(17-26(38)31(41)44-5)45-32-35-25-16-20(43-4)11-13-24(25)29(39)37(32)14-8-6-7-9-23-22-12-10-19(22)15-27(23)46-33(42)36-28/h10-13,16,19,21-23,26-28H,6-9,14-15,17-18H2,1-5H3,(H,36,42). The Morgan fingerprint density at radius 2 is 1.85 bits per heavy atom. The minimum Gasteiger partial charge on any atom is -0.497 e. The number of allylic oxidation sites excluding steroid dienone is 2. The summed E-state index contributed by atoms with van der Waals surface area (Å²) >= 11 is 0. The van der Waals surface area contributed by atoms with E-state index in [-0.39, 0.29) is 36.6 Å². The molecule has 12 heteroatoms. The molecule has 46 heavy (non-hydrogen) atoms. The number of hydrogen-bond acceptors (Lipinski definition) is 9. The average molecular weight is 637 g/mol. The number of rotatable bonds is 2. The molecule has 2 bridgehead atoms. The predicted octanol–water partition coefficient (Wildman–Crippen LogP) is 3.83. The summed E-state index contributed by atoms with van der Waals surface area (Å²) in [6.45, 7) is 5.99. The number of aromatic nitrogens is 2. The molecular weight excluding hydrogens is 592 g/mol. The van der Waals surface area contributed by atoms with Gasteiger partial charge in [0.1, 0.15) is 30.0 Å². The maximum absolute atomic E-state index is 14.2. The molecule has 6 rings (SSSR count). The van der Waals surface area contributed by atoms with Crippen molar-refractivity contribution in [2.24, 2.45) is 23.2 Å². The Bertz CT molecular complexity index is 1600. The lowest BCUT2D eigenvalue weighted by molar-refractivity contribution is -0.152. The Morgan fingerprint density at radius 1 is 1.04 bits per heavy atom. The van der Waals surface area contributed by atoms with E-state index in [4.69, 9.17) is 23.9 Å². The second-order valence-corrected chi connectivity index (χ2v) is 14.0. The van der Waals surface area contributed by atoms with E-state index in [1.54, 1.807) is 29.9 Å². The van der Waals surface area contributed by atoms with E-state index >= 15 is 0 Å². The number of carbonyl (C=O) groups excluding carboxylic acids is 3. The molecule has 7 atom stereocenters. The van der Waals surface area contributed by atoms with Crippen molar-refractivity contribution in [3.63, 3.8) is 0 Å². The number of benzene rings is 1. The van der Waals surface area contributed by atoms with Crippen LogP contribution in [0.1, 0.15) is 59.3 Å². The number of hydrogen-bond donors (Lipinski definition) is 1. The van der Waals surface area contributed by atoms with Gasteiger partial charge in [0.25, 0.3) is 11.6 Å². The minimum atomic E-state index is -0.982. The van der Waals surface area contributed by atoms with Gasteiger partial charge in [-0.25, -0.2) is 9.59 Å². The third-order valence-electron chi connectivity index (χ3n) is 10.0. The third-order valence-corrected chi connectivity index (χ3v) is 10.0. The molecule has 2 aromatic rings. The van der Waals surface area contributed by atoms with Crippen molar-refractivity contribution >= 4 is 28.9 Å². The Morgan fingerprint density at radius 3 is 2.54 bits per heavy atom. The van der Waals surface area contributed by atoms with Crippen molar-refractivity contribution in [1.29, 1.82) is 0 Å². The zero-order valence-electron chi connectivity index (χ0n) is 27.2. The summed E-state index contributed by atoms with van der Waals surface area (Å²) in [5.74, 6) is 0.470. The molecule has 0 radical (unpaired) electrons. The summed E-state index contributed by atoms with van der Waals surface area (Å²) in [5.41, 5.74) is -0.500. The maximum Gasteiger partial charge on any atom is 0.408 e. The van der Waals surface area contributed by atoms with Crippen LogP contribution in [0.3, 0.4) is 0 Å². The monoisotopic (exact) mass is 636 g/mol. The summed E-state index contributed by atoms with van der Waals surface area (Å²) < 4.78 is 24.4. The van der Waals surface area contributed by atoms with Crippen molar-refractivity contribution in [1.82, 2.24) is 19.8 Å². The van der Waals surface area contributed by atoms with E-state index in [0.29, 0.717) is 35.0 Å². The normalized spacial score (nSPS) is 30.0. The number of alkyl carbamates (subject to hydrolysis) is 1. The molecule has 2 fully saturated rings. The van der Waals surface area contributed by atoms with Gasteiger partial charge >= 0.3 is 12.1 Å². The van der Waals surface area contributed by atoms with E-state index in [1.807, 2.05) is 20.8 Å². The maximum atomic E-state index is 14.2. The molecule has 1 saturated heterocycles. The molecule has 7 unspecified atom stereocenters. The van der Waals surface area contributed by atoms with Crippen LogP contribution in [0.2, 0.25) is 0 Å². The van der Waals surface area contributed by atoms with E-state index in [0.717, 1.165) is 32.1 Å². The van der Waals surface area contributed by atoms with E-state index in [9.17, 15) is 19.2 Å². The lowest BCUT2D eigenvalue weighted by Gasteiger charge is -2.35. The molecule has 2 aliphatic carbocycles. The molecule has 2 aliphatic heterocycles. The summed E-state index contributed by atoms with van der Waals surface area (Å²) in [6.07, 6.45) is 7.10. The van der Waals surface area contributed by atoms with Gasteiger partial charge in [-0.2, -0.15) is 4.98 Å². The fourth-order valence-electron chi connectivity index (χ4n) is 7.46. The Labute approximate surface area is 268 Å². The predicted molar refractivity (Wildman–Crippen MR) is 168 cm³/mol. The number of carbonyl (C=O) groups is 3. The topological polar surface area (TPSA) is 138 Å². The molecule has 12 nitrogen and oxygen atoms in total. The van der Waals surface area contributed by atoms with Gasteiger partial charge in [0.05, 0.1) is 31.7 Å². The SMILES string of the molecule is COC(=O)C1CC2CN1C(=O)C(C(C)(C)C)NC(=O)OC1CC3C=CC3C1CCCCCn1c(nc3cc(OC)ccc3c1=O)O2. The molecule has 3 heterocycles. The van der Waals surface area contributed by atoms with Crippen LogP contribution in [-0.4, -0.2) is 77.5 Å². The number of fused-ring (bicyclic) bond motifs is 7. The molecule has 2 amide bonds. The van der Waals surface area contributed by atoms with E-state index in [1.165, 1.54) is 12.0 Å². The molecule has 4 aliphatic rings. The van der Waals surface area contributed by atoms with E-state index < -0.39 is 41.6 Å². The average Bonchev–Trinajstić information content (AvgIpc) is 3.52. The first-order chi connectivity index (χ1) is 22.0. The molecular formula is C34H44N4O8. The highest BCUT2D eigenvalue weighted by molar-refractivity contribution is 5.91. The fraction of sp³-hybridized carbons (Fsp3) is 0.618. The molecule has 1 N–H and O–H groups in total. The minimum absolute atomic E-state index is 0.0354. The van der Waals surface area contributed by atoms with Crippen molar-refractivity contribution in [3.05, 3.63) is 40.7 Å². The summed E-state index contributed by atoms with van der Waals surface area (Å²) in [7, 11) is 2.82. The Balaban J connectivity index is 1.37. The van der Waals surface area contributed by atoms with Gasteiger partial charge in [-0.1, -0.05) is 45.8 Å². The second kappa shape index (κ2) is 12.6. The highest BCUT2D eigenvalue weighted by Gasteiger charge is 2.49. The third kappa shape index (κ3) is 6.05. The lowest BCUT2D eigenvalue weighted by atomic mass is 9.78. The van der Waals surface area contributed by atoms with Crippen LogP contribution in [0.5, 0.6) is 11.8 Å². The number of amides is 2. The second-order valence-electron chi connectivity index (χ2n) is 14.0. The Hall–Kier alpha value is -4.09. The van der Waals surface area contributed by atoms with E-state index in [2.05, 4.69) is 17.5 Å². The highest BCUT2D eigenvalue weighted by Crippen LogP contribution is 2.48. The van der Waals surface area contributed by atoms with Gasteiger partial charge in [0.15, 0.2) is 0 Å². The summed E-state index contributed by atoms with van der Waals surface area (Å²) in [6, 6.07) is 3.32. The zero-order valence-corrected chi connectivity index (χ0v) is 27.2. The first-order valence-corrected chi connectivity index (χ1v) is 16.3. The van der Waals surface area contributed by atoms with Crippen molar-refractivity contribution < 1.29 is 33.3 Å². The molecule has 0 spiro atoms. The number of nitrogens with zero attached hydrogens (tertiary/aromatic N) is 3. The van der Waals surface area contributed by atoms with Gasteiger partial charge in [-0.05, 0) is 48.6 Å². The van der Waals surface area contributed by atoms with Crippen molar-refractivity contribution in [2.45, 2.75) is 90.1 Å². The van der Waals surface area contributed by atoms with Crippen LogP contribution >= 0.6 is 0 Å². The van der Waals surface area contributed by atoms with Gasteiger partial charge in [-0.3, -0.25) is 14.2 Å². The summed E-state index contributed by atoms with van der Waals surface area (Å²) in [5, 5.41) is 3.30. The van der Waals surface area contributed by atoms with Crippen LogP contribution in [0, 0.1) is 23.2 Å². The number of esters is 1. The van der Waals surface area contributed by atoms with Crippen LogP contribution in [0.4, 0.5) is 4.79 Å². The number of ether oxygens (including phenoxy) is 4. The van der Waals surface area contributed by atoms with Gasteiger partial charge < -0.3 is 29.2 Å². The quantitative estimate of drug-likeness (QED) is 0.385. The van der Waals surface area contributed by atoms with Crippen LogP contribution in [0.15, 0.2) is 35.1 Å². The first-order valence-electron chi connectivity index (χ1n) is 16.3. The largest absolute Gasteiger partial charge is 0.497 e. The van der Waals surface area contributed by atoms with Crippen LogP contribution in [-0.2, 0) is 25.6 Å².